The summed E-state index contributed by atoms with van der Waals surface area (Å²) in [4.78, 5) is 2.25. The summed E-state index contributed by atoms with van der Waals surface area (Å²) in [5.74, 6) is -0.313. The zero-order valence-corrected chi connectivity index (χ0v) is 13.5. The first-order valence-corrected chi connectivity index (χ1v) is 7.96. The lowest BCUT2D eigenvalue weighted by Crippen LogP contribution is -2.52. The Bertz CT molecular complexity index is 458. The lowest BCUT2D eigenvalue weighted by atomic mass is 9.99. The first-order valence-electron chi connectivity index (χ1n) is 7.58. The van der Waals surface area contributed by atoms with Gasteiger partial charge in [-0.25, -0.2) is 4.39 Å². The maximum Gasteiger partial charge on any atom is 0.145 e. The number of likely N-dealkylation sites (N-methyl/N-ethyl adjacent to an activating group) is 1. The summed E-state index contributed by atoms with van der Waals surface area (Å²) in [6.07, 6.45) is 1.70. The van der Waals surface area contributed by atoms with Crippen LogP contribution in [0, 0.1) is 5.82 Å². The van der Waals surface area contributed by atoms with Gasteiger partial charge < -0.3 is 15.0 Å². The second-order valence-corrected chi connectivity index (χ2v) is 6.06. The summed E-state index contributed by atoms with van der Waals surface area (Å²) in [5, 5.41) is 3.68. The predicted octanol–water partition coefficient (Wildman–Crippen LogP) is 2.72. The molecule has 1 aromatic rings. The summed E-state index contributed by atoms with van der Waals surface area (Å²) in [7, 11) is 2.09. The Balaban J connectivity index is 2.10. The molecule has 0 aliphatic carbocycles. The van der Waals surface area contributed by atoms with E-state index in [1.165, 1.54) is 0 Å². The van der Waals surface area contributed by atoms with Gasteiger partial charge in [-0.15, -0.1) is 0 Å². The van der Waals surface area contributed by atoms with Crippen molar-refractivity contribution >= 4 is 11.6 Å². The van der Waals surface area contributed by atoms with Gasteiger partial charge in [0.15, 0.2) is 0 Å². The van der Waals surface area contributed by atoms with E-state index in [-0.39, 0.29) is 23.0 Å². The molecule has 0 bridgehead atoms. The van der Waals surface area contributed by atoms with E-state index in [0.717, 1.165) is 32.7 Å². The van der Waals surface area contributed by atoms with Crippen molar-refractivity contribution in [1.29, 1.82) is 0 Å². The van der Waals surface area contributed by atoms with E-state index in [0.29, 0.717) is 12.0 Å². The van der Waals surface area contributed by atoms with Crippen molar-refractivity contribution < 1.29 is 9.13 Å². The number of benzene rings is 1. The molecule has 1 fully saturated rings. The number of morpholine rings is 1. The van der Waals surface area contributed by atoms with Crippen LogP contribution in [0.2, 0.25) is 5.02 Å². The van der Waals surface area contributed by atoms with Crippen molar-refractivity contribution in [3.63, 3.8) is 0 Å². The van der Waals surface area contributed by atoms with E-state index in [1.54, 1.807) is 18.2 Å². The molecule has 2 atom stereocenters. The Morgan fingerprint density at radius 2 is 2.33 bits per heavy atom. The van der Waals surface area contributed by atoms with Crippen LogP contribution >= 0.6 is 11.6 Å². The number of nitrogens with one attached hydrogen (secondary N) is 1. The highest BCUT2D eigenvalue weighted by atomic mass is 35.5. The molecule has 2 rings (SSSR count). The number of ether oxygens (including phenoxy) is 1. The Morgan fingerprint density at radius 1 is 1.52 bits per heavy atom. The zero-order valence-electron chi connectivity index (χ0n) is 12.7. The Morgan fingerprint density at radius 3 is 3.05 bits per heavy atom. The van der Waals surface area contributed by atoms with Crippen LogP contribution in [0.5, 0.6) is 0 Å². The van der Waals surface area contributed by atoms with Gasteiger partial charge in [0.2, 0.25) is 0 Å². The van der Waals surface area contributed by atoms with Crippen molar-refractivity contribution in [2.75, 3.05) is 33.3 Å². The van der Waals surface area contributed by atoms with Gasteiger partial charge in [0.1, 0.15) is 5.82 Å². The molecule has 0 saturated carbocycles. The molecule has 1 N–H and O–H groups in total. The lowest BCUT2D eigenvalue weighted by molar-refractivity contribution is -0.0384. The molecule has 0 aromatic heterocycles. The maximum atomic E-state index is 14.1. The fourth-order valence-corrected chi connectivity index (χ4v) is 2.86. The van der Waals surface area contributed by atoms with Gasteiger partial charge in [0.25, 0.3) is 0 Å². The molecule has 0 amide bonds. The fraction of sp³-hybridized carbons (Fsp3) is 0.625. The molecular formula is C16H24ClFN2O. The predicted molar refractivity (Wildman–Crippen MR) is 84.4 cm³/mol. The van der Waals surface area contributed by atoms with Crippen molar-refractivity contribution in [2.45, 2.75) is 31.9 Å². The van der Waals surface area contributed by atoms with Crippen molar-refractivity contribution in [2.24, 2.45) is 0 Å². The van der Waals surface area contributed by atoms with Crippen molar-refractivity contribution in [3.05, 3.63) is 34.6 Å². The van der Waals surface area contributed by atoms with Gasteiger partial charge in [-0.2, -0.15) is 0 Å². The largest absolute Gasteiger partial charge is 0.374 e. The minimum Gasteiger partial charge on any atom is -0.374 e. The van der Waals surface area contributed by atoms with Crippen molar-refractivity contribution in [1.82, 2.24) is 10.2 Å². The molecule has 118 valence electrons. The van der Waals surface area contributed by atoms with Gasteiger partial charge in [0, 0.05) is 19.1 Å². The highest BCUT2D eigenvalue weighted by Gasteiger charge is 2.27. The monoisotopic (exact) mass is 314 g/mol. The van der Waals surface area contributed by atoms with Crippen LogP contribution in [0.4, 0.5) is 4.39 Å². The molecule has 1 heterocycles. The van der Waals surface area contributed by atoms with E-state index in [2.05, 4.69) is 24.2 Å². The van der Waals surface area contributed by atoms with Crippen LogP contribution in [-0.2, 0) is 11.2 Å². The van der Waals surface area contributed by atoms with Gasteiger partial charge in [-0.3, -0.25) is 0 Å². The second kappa shape index (κ2) is 8.08. The lowest BCUT2D eigenvalue weighted by Gasteiger charge is -2.35. The summed E-state index contributed by atoms with van der Waals surface area (Å²) in [6, 6.07) is 5.28. The van der Waals surface area contributed by atoms with Gasteiger partial charge in [-0.1, -0.05) is 30.7 Å². The molecule has 1 aromatic carbocycles. The third-order valence-electron chi connectivity index (χ3n) is 3.87. The normalized spacial score (nSPS) is 21.4. The number of nitrogens with zero attached hydrogens (tertiary/aromatic N) is 1. The van der Waals surface area contributed by atoms with Gasteiger partial charge >= 0.3 is 0 Å². The Labute approximate surface area is 131 Å². The van der Waals surface area contributed by atoms with E-state index in [1.807, 2.05) is 0 Å². The number of halogens is 2. The minimum atomic E-state index is -0.313. The first kappa shape index (κ1) is 16.7. The third kappa shape index (κ3) is 4.65. The topological polar surface area (TPSA) is 24.5 Å². The standard InChI is InChI=1S/C16H24ClFN2O/c1-3-7-19-14(15-11-20(2)8-9-21-15)10-12-5-4-6-13(17)16(12)18/h4-6,14-15,19H,3,7-11H2,1-2H3. The smallest absolute Gasteiger partial charge is 0.145 e. The summed E-state index contributed by atoms with van der Waals surface area (Å²) in [6.45, 7) is 5.56. The molecule has 1 saturated heterocycles. The Hall–Kier alpha value is -0.680. The molecule has 1 aliphatic heterocycles. The molecule has 0 radical (unpaired) electrons. The van der Waals surface area contributed by atoms with Crippen LogP contribution in [0.15, 0.2) is 18.2 Å². The molecule has 1 aliphatic rings. The van der Waals surface area contributed by atoms with E-state index in [4.69, 9.17) is 16.3 Å². The van der Waals surface area contributed by atoms with Crippen LogP contribution in [-0.4, -0.2) is 50.3 Å². The highest BCUT2D eigenvalue weighted by molar-refractivity contribution is 6.30. The average molecular weight is 315 g/mol. The summed E-state index contributed by atoms with van der Waals surface area (Å²) in [5.41, 5.74) is 0.646. The van der Waals surface area contributed by atoms with E-state index in [9.17, 15) is 4.39 Å². The molecule has 5 heteroatoms. The van der Waals surface area contributed by atoms with Crippen molar-refractivity contribution in [3.8, 4) is 0 Å². The molecule has 3 nitrogen and oxygen atoms in total. The SMILES string of the molecule is CCCNC(Cc1cccc(Cl)c1F)C1CN(C)CCO1. The minimum absolute atomic E-state index is 0.0775. The van der Waals surface area contributed by atoms with E-state index < -0.39 is 0 Å². The number of rotatable bonds is 6. The second-order valence-electron chi connectivity index (χ2n) is 5.65. The molecule has 21 heavy (non-hydrogen) atoms. The first-order chi connectivity index (χ1) is 10.1. The number of hydrogen-bond donors (Lipinski definition) is 1. The van der Waals surface area contributed by atoms with Gasteiger partial charge in [0.05, 0.1) is 17.7 Å². The molecule has 0 spiro atoms. The maximum absolute atomic E-state index is 14.1. The zero-order chi connectivity index (χ0) is 15.2. The van der Waals surface area contributed by atoms with E-state index >= 15 is 0 Å². The molecule has 2 unspecified atom stereocenters. The van der Waals surface area contributed by atoms with Crippen LogP contribution < -0.4 is 5.32 Å². The Kier molecular flexibility index (Phi) is 6.42. The fourth-order valence-electron chi connectivity index (χ4n) is 2.66. The summed E-state index contributed by atoms with van der Waals surface area (Å²) < 4.78 is 20.0. The van der Waals surface area contributed by atoms with Gasteiger partial charge in [-0.05, 0) is 38.1 Å². The van der Waals surface area contributed by atoms with Crippen LogP contribution in [0.3, 0.4) is 0 Å². The third-order valence-corrected chi connectivity index (χ3v) is 4.17. The summed E-state index contributed by atoms with van der Waals surface area (Å²) >= 11 is 5.88. The quantitative estimate of drug-likeness (QED) is 0.874. The number of hydrogen-bond acceptors (Lipinski definition) is 3. The van der Waals surface area contributed by atoms with Crippen LogP contribution in [0.1, 0.15) is 18.9 Å². The average Bonchev–Trinajstić information content (AvgIpc) is 2.47. The highest BCUT2D eigenvalue weighted by Crippen LogP contribution is 2.21. The van der Waals surface area contributed by atoms with Crippen LogP contribution in [0.25, 0.3) is 0 Å². The molecular weight excluding hydrogens is 291 g/mol.